The zero-order valence-corrected chi connectivity index (χ0v) is 14.8. The van der Waals surface area contributed by atoms with Crippen molar-refractivity contribution in [1.82, 2.24) is 29.2 Å². The predicted molar refractivity (Wildman–Crippen MR) is 92.4 cm³/mol. The standard InChI is InChI=1S/C18H20F2N6O/c1-13(25-7-6-24-5-4-22-17(24)9-25)18(27,10-26-12-21-11-23-26)15-3-2-14(19)8-16(15)20/h2-5,8,11-13,27H,6-7,9-10H2,1H3/t13-,18-/m1/s1. The van der Waals surface area contributed by atoms with Crippen LogP contribution in [-0.4, -0.2) is 46.9 Å². The molecule has 0 amide bonds. The van der Waals surface area contributed by atoms with E-state index in [2.05, 4.69) is 19.6 Å². The molecule has 9 heteroatoms. The number of aliphatic hydroxyl groups is 1. The van der Waals surface area contributed by atoms with Crippen LogP contribution in [0.2, 0.25) is 0 Å². The number of hydrogen-bond donors (Lipinski definition) is 1. The number of hydrogen-bond acceptors (Lipinski definition) is 5. The van der Waals surface area contributed by atoms with Gasteiger partial charge in [-0.25, -0.2) is 23.4 Å². The molecule has 1 aliphatic heterocycles. The molecule has 2 atom stereocenters. The Kier molecular flexibility index (Phi) is 4.48. The van der Waals surface area contributed by atoms with Crippen LogP contribution in [0.15, 0.2) is 43.2 Å². The smallest absolute Gasteiger partial charge is 0.137 e. The number of rotatable bonds is 5. The summed E-state index contributed by atoms with van der Waals surface area (Å²) in [6.07, 6.45) is 6.47. The molecule has 0 unspecified atom stereocenters. The lowest BCUT2D eigenvalue weighted by atomic mass is 9.85. The topological polar surface area (TPSA) is 72.0 Å². The van der Waals surface area contributed by atoms with Crippen LogP contribution in [0.1, 0.15) is 18.3 Å². The number of fused-ring (bicyclic) bond motifs is 1. The Morgan fingerprint density at radius 1 is 1.30 bits per heavy atom. The third-order valence-corrected chi connectivity index (χ3v) is 5.28. The van der Waals surface area contributed by atoms with Crippen molar-refractivity contribution in [3.05, 3.63) is 66.3 Å². The number of benzene rings is 1. The highest BCUT2D eigenvalue weighted by Crippen LogP contribution is 2.34. The minimum atomic E-state index is -1.64. The van der Waals surface area contributed by atoms with Gasteiger partial charge in [-0.1, -0.05) is 6.07 Å². The van der Waals surface area contributed by atoms with Crippen LogP contribution in [0.5, 0.6) is 0 Å². The van der Waals surface area contributed by atoms with Crippen LogP contribution < -0.4 is 0 Å². The molecule has 7 nitrogen and oxygen atoms in total. The van der Waals surface area contributed by atoms with Gasteiger partial charge in [0.1, 0.15) is 35.7 Å². The summed E-state index contributed by atoms with van der Waals surface area (Å²) < 4.78 is 31.5. The molecule has 0 aliphatic carbocycles. The fourth-order valence-corrected chi connectivity index (χ4v) is 3.67. The van der Waals surface area contributed by atoms with Crippen LogP contribution in [0.3, 0.4) is 0 Å². The lowest BCUT2D eigenvalue weighted by molar-refractivity contribution is -0.0709. The van der Waals surface area contributed by atoms with Gasteiger partial charge in [0.15, 0.2) is 0 Å². The maximum absolute atomic E-state index is 14.6. The van der Waals surface area contributed by atoms with E-state index in [1.54, 1.807) is 6.20 Å². The fraction of sp³-hybridized carbons (Fsp3) is 0.389. The lowest BCUT2D eigenvalue weighted by Crippen LogP contribution is -2.53. The zero-order chi connectivity index (χ0) is 19.0. The normalized spacial score (nSPS) is 18.1. The number of aromatic nitrogens is 5. The molecule has 0 spiro atoms. The average molecular weight is 374 g/mol. The van der Waals surface area contributed by atoms with Gasteiger partial charge in [0.2, 0.25) is 0 Å². The van der Waals surface area contributed by atoms with Crippen molar-refractivity contribution in [3.63, 3.8) is 0 Å². The fourth-order valence-electron chi connectivity index (χ4n) is 3.67. The van der Waals surface area contributed by atoms with Gasteiger partial charge in [0.25, 0.3) is 0 Å². The highest BCUT2D eigenvalue weighted by atomic mass is 19.1. The van der Waals surface area contributed by atoms with Crippen molar-refractivity contribution in [2.45, 2.75) is 38.2 Å². The number of imidazole rings is 1. The van der Waals surface area contributed by atoms with Crippen LogP contribution in [-0.2, 0) is 25.2 Å². The maximum Gasteiger partial charge on any atom is 0.137 e. The lowest BCUT2D eigenvalue weighted by Gasteiger charge is -2.42. The molecule has 3 heterocycles. The van der Waals surface area contributed by atoms with Gasteiger partial charge in [0, 0.05) is 43.2 Å². The molecule has 4 rings (SSSR count). The third kappa shape index (κ3) is 3.24. The molecular formula is C18H20F2N6O. The van der Waals surface area contributed by atoms with E-state index in [9.17, 15) is 13.9 Å². The minimum absolute atomic E-state index is 0.0122. The highest BCUT2D eigenvalue weighted by molar-refractivity contribution is 5.27. The molecule has 2 aromatic heterocycles. The van der Waals surface area contributed by atoms with Gasteiger partial charge in [-0.3, -0.25) is 4.90 Å². The number of nitrogens with zero attached hydrogens (tertiary/aromatic N) is 6. The van der Waals surface area contributed by atoms with Gasteiger partial charge in [-0.05, 0) is 13.0 Å². The molecule has 142 valence electrons. The number of halogens is 2. The Morgan fingerprint density at radius 3 is 2.89 bits per heavy atom. The summed E-state index contributed by atoms with van der Waals surface area (Å²) in [4.78, 5) is 10.3. The second-order valence-corrected chi connectivity index (χ2v) is 6.82. The Hall–Kier alpha value is -2.65. The Balaban J connectivity index is 1.71. The Labute approximate surface area is 154 Å². The maximum atomic E-state index is 14.6. The van der Waals surface area contributed by atoms with Crippen molar-refractivity contribution >= 4 is 0 Å². The molecule has 0 bridgehead atoms. The SMILES string of the molecule is C[C@@H](N1CCn2ccnc2C1)[C@](O)(Cn1cncn1)c1ccc(F)cc1F. The van der Waals surface area contributed by atoms with Crippen LogP contribution in [0.25, 0.3) is 0 Å². The minimum Gasteiger partial charge on any atom is -0.381 e. The van der Waals surface area contributed by atoms with E-state index in [-0.39, 0.29) is 12.1 Å². The van der Waals surface area contributed by atoms with Gasteiger partial charge >= 0.3 is 0 Å². The predicted octanol–water partition coefficient (Wildman–Crippen LogP) is 1.54. The molecule has 3 aromatic rings. The Morgan fingerprint density at radius 2 is 2.15 bits per heavy atom. The molecule has 0 saturated carbocycles. The molecule has 1 aromatic carbocycles. The quantitative estimate of drug-likeness (QED) is 0.734. The van der Waals surface area contributed by atoms with Crippen molar-refractivity contribution < 1.29 is 13.9 Å². The molecule has 27 heavy (non-hydrogen) atoms. The van der Waals surface area contributed by atoms with E-state index >= 15 is 0 Å². The first-order valence-corrected chi connectivity index (χ1v) is 8.72. The van der Waals surface area contributed by atoms with E-state index in [0.29, 0.717) is 13.1 Å². The summed E-state index contributed by atoms with van der Waals surface area (Å²) >= 11 is 0. The second kappa shape index (κ2) is 6.82. The summed E-state index contributed by atoms with van der Waals surface area (Å²) in [6.45, 7) is 3.74. The third-order valence-electron chi connectivity index (χ3n) is 5.28. The summed E-state index contributed by atoms with van der Waals surface area (Å²) in [7, 11) is 0. The van der Waals surface area contributed by atoms with E-state index in [1.165, 1.54) is 23.4 Å². The van der Waals surface area contributed by atoms with Crippen LogP contribution >= 0.6 is 0 Å². The molecule has 0 saturated heterocycles. The molecule has 0 fully saturated rings. The van der Waals surface area contributed by atoms with E-state index in [0.717, 1.165) is 24.5 Å². The largest absolute Gasteiger partial charge is 0.381 e. The van der Waals surface area contributed by atoms with Gasteiger partial charge in [-0.2, -0.15) is 5.10 Å². The first-order valence-electron chi connectivity index (χ1n) is 8.72. The van der Waals surface area contributed by atoms with Crippen LogP contribution in [0, 0.1) is 11.6 Å². The van der Waals surface area contributed by atoms with Gasteiger partial charge in [-0.15, -0.1) is 0 Å². The highest BCUT2D eigenvalue weighted by Gasteiger charge is 2.42. The van der Waals surface area contributed by atoms with E-state index < -0.39 is 23.3 Å². The Bertz CT molecular complexity index is 928. The monoisotopic (exact) mass is 374 g/mol. The zero-order valence-electron chi connectivity index (χ0n) is 14.8. The van der Waals surface area contributed by atoms with E-state index in [1.807, 2.05) is 18.0 Å². The average Bonchev–Trinajstić information content (AvgIpc) is 3.31. The van der Waals surface area contributed by atoms with Crippen molar-refractivity contribution in [2.75, 3.05) is 6.54 Å². The molecule has 0 radical (unpaired) electrons. The molecule has 1 N–H and O–H groups in total. The van der Waals surface area contributed by atoms with Crippen molar-refractivity contribution in [1.29, 1.82) is 0 Å². The first kappa shape index (κ1) is 17.7. The molecular weight excluding hydrogens is 354 g/mol. The molecule has 1 aliphatic rings. The van der Waals surface area contributed by atoms with Gasteiger partial charge < -0.3 is 9.67 Å². The van der Waals surface area contributed by atoms with Gasteiger partial charge in [0.05, 0.1) is 13.1 Å². The van der Waals surface area contributed by atoms with Crippen molar-refractivity contribution in [2.24, 2.45) is 0 Å². The summed E-state index contributed by atoms with van der Waals surface area (Å²) in [5, 5.41) is 15.7. The second-order valence-electron chi connectivity index (χ2n) is 6.82. The van der Waals surface area contributed by atoms with Crippen molar-refractivity contribution in [3.8, 4) is 0 Å². The summed E-state index contributed by atoms with van der Waals surface area (Å²) in [6, 6.07) is 2.76. The summed E-state index contributed by atoms with van der Waals surface area (Å²) in [5.74, 6) is -0.592. The first-order chi connectivity index (χ1) is 13.0. The van der Waals surface area contributed by atoms with E-state index in [4.69, 9.17) is 0 Å². The van der Waals surface area contributed by atoms with Crippen LogP contribution in [0.4, 0.5) is 8.78 Å². The summed E-state index contributed by atoms with van der Waals surface area (Å²) in [5.41, 5.74) is -1.61.